The molecular formula is C8H11FN2O2. The number of alkyl halides is 1. The van der Waals surface area contributed by atoms with E-state index in [1.54, 1.807) is 13.8 Å². The predicted octanol–water partition coefficient (Wildman–Crippen LogP) is 1.22. The first-order valence-corrected chi connectivity index (χ1v) is 3.96. The molecule has 1 aromatic heterocycles. The number of carbonyl (C=O) groups is 1. The molecule has 1 aromatic rings. The number of aryl methyl sites for hydroxylation is 1. The maximum atomic E-state index is 13.2. The summed E-state index contributed by atoms with van der Waals surface area (Å²) >= 11 is 0. The van der Waals surface area contributed by atoms with Gasteiger partial charge in [-0.15, -0.1) is 0 Å². The molecule has 0 N–H and O–H groups in total. The average Bonchev–Trinajstić information content (AvgIpc) is 2.51. The topological polar surface area (TPSA) is 44.1 Å². The van der Waals surface area contributed by atoms with Crippen molar-refractivity contribution in [2.45, 2.75) is 20.1 Å². The summed E-state index contributed by atoms with van der Waals surface area (Å²) in [6, 6.07) is 0. The van der Waals surface area contributed by atoms with E-state index in [1.807, 2.05) is 0 Å². The van der Waals surface area contributed by atoms with Crippen LogP contribution in [0.1, 0.15) is 18.8 Å². The lowest BCUT2D eigenvalue weighted by molar-refractivity contribution is -0.153. The summed E-state index contributed by atoms with van der Waals surface area (Å²) in [5.74, 6) is -0.911. The standard InChI is InChI=1S/C8H11FN2O2/c1-3-13-8(12)7(9)11-5-6(2)4-10-11/h4-5,7H,3H2,1-2H3. The fourth-order valence-corrected chi connectivity index (χ4v) is 0.876. The van der Waals surface area contributed by atoms with E-state index >= 15 is 0 Å². The third kappa shape index (κ3) is 2.27. The molecule has 1 atom stereocenters. The zero-order valence-corrected chi connectivity index (χ0v) is 7.53. The zero-order chi connectivity index (χ0) is 9.84. The Balaban J connectivity index is 2.67. The van der Waals surface area contributed by atoms with Crippen molar-refractivity contribution in [3.63, 3.8) is 0 Å². The summed E-state index contributed by atoms with van der Waals surface area (Å²) in [6.45, 7) is 3.56. The maximum Gasteiger partial charge on any atom is 0.363 e. The molecule has 1 heterocycles. The highest BCUT2D eigenvalue weighted by Crippen LogP contribution is 2.09. The van der Waals surface area contributed by atoms with Crippen molar-refractivity contribution in [1.29, 1.82) is 0 Å². The van der Waals surface area contributed by atoms with Gasteiger partial charge in [0.2, 0.25) is 0 Å². The Morgan fingerprint density at radius 1 is 1.85 bits per heavy atom. The molecule has 1 unspecified atom stereocenters. The Hall–Kier alpha value is -1.39. The molecule has 0 radical (unpaired) electrons. The van der Waals surface area contributed by atoms with Crippen LogP contribution in [0.5, 0.6) is 0 Å². The Morgan fingerprint density at radius 3 is 3.00 bits per heavy atom. The van der Waals surface area contributed by atoms with Gasteiger partial charge in [-0.05, 0) is 19.4 Å². The number of hydrogen-bond acceptors (Lipinski definition) is 3. The Labute approximate surface area is 75.3 Å². The minimum absolute atomic E-state index is 0.166. The molecule has 1 rings (SSSR count). The van der Waals surface area contributed by atoms with E-state index in [9.17, 15) is 9.18 Å². The molecule has 0 aliphatic carbocycles. The molecule has 0 amide bonds. The van der Waals surface area contributed by atoms with Gasteiger partial charge in [-0.3, -0.25) is 0 Å². The van der Waals surface area contributed by atoms with Crippen molar-refractivity contribution >= 4 is 5.97 Å². The van der Waals surface area contributed by atoms with E-state index in [-0.39, 0.29) is 6.61 Å². The minimum atomic E-state index is -1.84. The molecule has 0 saturated carbocycles. The molecule has 5 heteroatoms. The van der Waals surface area contributed by atoms with Crippen molar-refractivity contribution in [2.75, 3.05) is 6.61 Å². The second kappa shape index (κ2) is 4.02. The van der Waals surface area contributed by atoms with Crippen LogP contribution in [0, 0.1) is 6.92 Å². The van der Waals surface area contributed by atoms with Crippen LogP contribution >= 0.6 is 0 Å². The first-order valence-electron chi connectivity index (χ1n) is 3.96. The van der Waals surface area contributed by atoms with Crippen LogP contribution in [0.25, 0.3) is 0 Å². The van der Waals surface area contributed by atoms with E-state index in [1.165, 1.54) is 12.4 Å². The highest BCUT2D eigenvalue weighted by atomic mass is 19.1. The van der Waals surface area contributed by atoms with Gasteiger partial charge in [0, 0.05) is 6.20 Å². The van der Waals surface area contributed by atoms with E-state index in [4.69, 9.17) is 0 Å². The smallest absolute Gasteiger partial charge is 0.363 e. The Kier molecular flexibility index (Phi) is 3.00. The van der Waals surface area contributed by atoms with Crippen LogP contribution in [0.3, 0.4) is 0 Å². The lowest BCUT2D eigenvalue weighted by atomic mass is 10.4. The lowest BCUT2D eigenvalue weighted by Crippen LogP contribution is -2.18. The van der Waals surface area contributed by atoms with Crippen LogP contribution in [-0.4, -0.2) is 22.4 Å². The van der Waals surface area contributed by atoms with Gasteiger partial charge < -0.3 is 4.74 Å². The largest absolute Gasteiger partial charge is 0.462 e. The van der Waals surface area contributed by atoms with Crippen molar-refractivity contribution in [3.05, 3.63) is 18.0 Å². The van der Waals surface area contributed by atoms with Crippen molar-refractivity contribution in [1.82, 2.24) is 9.78 Å². The number of carbonyl (C=O) groups excluding carboxylic acids is 1. The van der Waals surface area contributed by atoms with Gasteiger partial charge in [-0.1, -0.05) is 0 Å². The zero-order valence-electron chi connectivity index (χ0n) is 7.53. The molecule has 72 valence electrons. The van der Waals surface area contributed by atoms with Gasteiger partial charge in [0.25, 0.3) is 6.30 Å². The molecule has 0 saturated heterocycles. The van der Waals surface area contributed by atoms with Crippen LogP contribution in [-0.2, 0) is 9.53 Å². The number of esters is 1. The van der Waals surface area contributed by atoms with Crippen molar-refractivity contribution < 1.29 is 13.9 Å². The van der Waals surface area contributed by atoms with Gasteiger partial charge in [0.1, 0.15) is 0 Å². The number of ether oxygens (including phenoxy) is 1. The van der Waals surface area contributed by atoms with Gasteiger partial charge in [-0.2, -0.15) is 5.10 Å². The normalized spacial score (nSPS) is 12.5. The fraction of sp³-hybridized carbons (Fsp3) is 0.500. The van der Waals surface area contributed by atoms with Crippen molar-refractivity contribution in [2.24, 2.45) is 0 Å². The molecule has 13 heavy (non-hydrogen) atoms. The highest BCUT2D eigenvalue weighted by Gasteiger charge is 2.20. The first-order chi connectivity index (χ1) is 6.15. The van der Waals surface area contributed by atoms with Gasteiger partial charge in [0.15, 0.2) is 0 Å². The first kappa shape index (κ1) is 9.70. The van der Waals surface area contributed by atoms with Gasteiger partial charge in [0.05, 0.1) is 12.8 Å². The van der Waals surface area contributed by atoms with Crippen molar-refractivity contribution in [3.8, 4) is 0 Å². The van der Waals surface area contributed by atoms with Crippen LogP contribution in [0.15, 0.2) is 12.4 Å². The number of aromatic nitrogens is 2. The fourth-order valence-electron chi connectivity index (χ4n) is 0.876. The van der Waals surface area contributed by atoms with Gasteiger partial charge >= 0.3 is 5.97 Å². The van der Waals surface area contributed by atoms with E-state index in [0.29, 0.717) is 0 Å². The van der Waals surface area contributed by atoms with E-state index in [0.717, 1.165) is 10.2 Å². The maximum absolute atomic E-state index is 13.2. The highest BCUT2D eigenvalue weighted by molar-refractivity contribution is 5.72. The monoisotopic (exact) mass is 186 g/mol. The Morgan fingerprint density at radius 2 is 2.54 bits per heavy atom. The number of nitrogens with zero attached hydrogens (tertiary/aromatic N) is 2. The molecular weight excluding hydrogens is 175 g/mol. The molecule has 0 aromatic carbocycles. The summed E-state index contributed by atoms with van der Waals surface area (Å²) in [5.41, 5.74) is 0.798. The van der Waals surface area contributed by atoms with Crippen LogP contribution in [0.2, 0.25) is 0 Å². The van der Waals surface area contributed by atoms with E-state index < -0.39 is 12.3 Å². The number of rotatable bonds is 3. The van der Waals surface area contributed by atoms with E-state index in [2.05, 4.69) is 9.84 Å². The van der Waals surface area contributed by atoms with Gasteiger partial charge in [-0.25, -0.2) is 13.9 Å². The minimum Gasteiger partial charge on any atom is -0.462 e. The van der Waals surface area contributed by atoms with Crippen LogP contribution in [0.4, 0.5) is 4.39 Å². The molecule has 0 bridgehead atoms. The Bertz CT molecular complexity index is 298. The third-order valence-electron chi connectivity index (χ3n) is 1.44. The second-order valence-electron chi connectivity index (χ2n) is 2.59. The van der Waals surface area contributed by atoms with Crippen LogP contribution < -0.4 is 0 Å². The third-order valence-corrected chi connectivity index (χ3v) is 1.44. The number of hydrogen-bond donors (Lipinski definition) is 0. The molecule has 0 fully saturated rings. The molecule has 0 aliphatic rings. The predicted molar refractivity (Wildman–Crippen MR) is 43.7 cm³/mol. The summed E-state index contributed by atoms with van der Waals surface area (Å²) in [6.07, 6.45) is 1.08. The summed E-state index contributed by atoms with van der Waals surface area (Å²) in [5, 5.41) is 3.66. The molecule has 0 spiro atoms. The number of halogens is 1. The lowest BCUT2D eigenvalue weighted by Gasteiger charge is -2.06. The molecule has 0 aliphatic heterocycles. The summed E-state index contributed by atoms with van der Waals surface area (Å²) in [7, 11) is 0. The summed E-state index contributed by atoms with van der Waals surface area (Å²) in [4.78, 5) is 10.9. The quantitative estimate of drug-likeness (QED) is 0.667. The molecule has 4 nitrogen and oxygen atoms in total. The second-order valence-corrected chi connectivity index (χ2v) is 2.59. The SMILES string of the molecule is CCOC(=O)C(F)n1cc(C)cn1. The summed E-state index contributed by atoms with van der Waals surface area (Å²) < 4.78 is 18.6. The average molecular weight is 186 g/mol.